The third kappa shape index (κ3) is 2.13. The first-order valence-electron chi connectivity index (χ1n) is 6.77. The van der Waals surface area contributed by atoms with Crippen molar-refractivity contribution < 1.29 is 0 Å². The van der Waals surface area contributed by atoms with Gasteiger partial charge in [0.15, 0.2) is 0 Å². The molecule has 3 rings (SSSR count). The Morgan fingerprint density at radius 2 is 1.67 bits per heavy atom. The fraction of sp³-hybridized carbons (Fsp3) is 0.294. The second-order valence-electron chi connectivity index (χ2n) is 4.97. The van der Waals surface area contributed by atoms with E-state index >= 15 is 0 Å². The van der Waals surface area contributed by atoms with E-state index in [0.717, 1.165) is 19.5 Å². The molecule has 0 saturated carbocycles. The molecule has 92 valence electrons. The molecule has 0 spiro atoms. The van der Waals surface area contributed by atoms with Gasteiger partial charge in [-0.3, -0.25) is 0 Å². The summed E-state index contributed by atoms with van der Waals surface area (Å²) in [5, 5.41) is 0. The minimum Gasteiger partial charge on any atom is -0.367 e. The number of hydrogen-bond acceptors (Lipinski definition) is 1. The maximum atomic E-state index is 2.48. The number of anilines is 1. The highest BCUT2D eigenvalue weighted by Crippen LogP contribution is 2.28. The Morgan fingerprint density at radius 3 is 2.44 bits per heavy atom. The molecule has 1 heterocycles. The van der Waals surface area contributed by atoms with Crippen molar-refractivity contribution in [2.75, 3.05) is 11.4 Å². The van der Waals surface area contributed by atoms with Crippen LogP contribution in [0.3, 0.4) is 0 Å². The van der Waals surface area contributed by atoms with Crippen LogP contribution in [0, 0.1) is 0 Å². The Balaban J connectivity index is 1.77. The highest BCUT2D eigenvalue weighted by atomic mass is 15.1. The third-order valence-electron chi connectivity index (χ3n) is 3.79. The monoisotopic (exact) mass is 237 g/mol. The lowest BCUT2D eigenvalue weighted by molar-refractivity contribution is 0.835. The van der Waals surface area contributed by atoms with Crippen LogP contribution in [0.25, 0.3) is 0 Å². The van der Waals surface area contributed by atoms with Gasteiger partial charge in [0.05, 0.1) is 0 Å². The van der Waals surface area contributed by atoms with Crippen LogP contribution in [0.1, 0.15) is 23.6 Å². The summed E-state index contributed by atoms with van der Waals surface area (Å²) < 4.78 is 0. The zero-order valence-electron chi connectivity index (χ0n) is 10.9. The van der Waals surface area contributed by atoms with Crippen LogP contribution >= 0.6 is 0 Å². The summed E-state index contributed by atoms with van der Waals surface area (Å²) in [6.07, 6.45) is 2.30. The summed E-state index contributed by atoms with van der Waals surface area (Å²) >= 11 is 0. The Morgan fingerprint density at radius 1 is 0.944 bits per heavy atom. The molecule has 0 unspecified atom stereocenters. The number of benzene rings is 2. The lowest BCUT2D eigenvalue weighted by atomic mass is 10.1. The van der Waals surface area contributed by atoms with E-state index in [1.54, 1.807) is 0 Å². The van der Waals surface area contributed by atoms with Crippen molar-refractivity contribution in [1.82, 2.24) is 0 Å². The molecule has 0 aromatic heterocycles. The minimum atomic E-state index is 1.03. The molecule has 0 aliphatic carbocycles. The largest absolute Gasteiger partial charge is 0.367 e. The van der Waals surface area contributed by atoms with Crippen LogP contribution in [0.15, 0.2) is 48.5 Å². The summed E-state index contributed by atoms with van der Waals surface area (Å²) in [5.41, 5.74) is 5.73. The molecule has 0 fully saturated rings. The van der Waals surface area contributed by atoms with E-state index in [9.17, 15) is 0 Å². The fourth-order valence-corrected chi connectivity index (χ4v) is 2.67. The topological polar surface area (TPSA) is 3.24 Å². The first-order chi connectivity index (χ1) is 8.86. The van der Waals surface area contributed by atoms with E-state index in [1.807, 2.05) is 0 Å². The third-order valence-corrected chi connectivity index (χ3v) is 3.79. The van der Waals surface area contributed by atoms with E-state index in [4.69, 9.17) is 0 Å². The zero-order valence-corrected chi connectivity index (χ0v) is 10.9. The molecule has 1 aliphatic heterocycles. The quantitative estimate of drug-likeness (QED) is 0.784. The fourth-order valence-electron chi connectivity index (χ4n) is 2.67. The molecule has 2 aromatic rings. The van der Waals surface area contributed by atoms with Crippen LogP contribution in [0.4, 0.5) is 5.69 Å². The predicted octanol–water partition coefficient (Wildman–Crippen LogP) is 3.81. The first kappa shape index (κ1) is 11.3. The van der Waals surface area contributed by atoms with Gasteiger partial charge >= 0.3 is 0 Å². The Bertz CT molecular complexity index is 528. The lowest BCUT2D eigenvalue weighted by Crippen LogP contribution is -2.19. The highest BCUT2D eigenvalue weighted by molar-refractivity contribution is 5.58. The van der Waals surface area contributed by atoms with Crippen LogP contribution in [0.2, 0.25) is 0 Å². The smallest absolute Gasteiger partial charge is 0.0429 e. The molecule has 1 nitrogen and oxygen atoms in total. The van der Waals surface area contributed by atoms with Gasteiger partial charge in [-0.25, -0.2) is 0 Å². The number of aryl methyl sites for hydroxylation is 1. The van der Waals surface area contributed by atoms with Gasteiger partial charge in [-0.2, -0.15) is 0 Å². The van der Waals surface area contributed by atoms with Crippen molar-refractivity contribution >= 4 is 5.69 Å². The minimum absolute atomic E-state index is 1.03. The van der Waals surface area contributed by atoms with Crippen molar-refractivity contribution in [2.45, 2.75) is 26.3 Å². The van der Waals surface area contributed by atoms with Crippen molar-refractivity contribution in [3.05, 3.63) is 65.2 Å². The summed E-state index contributed by atoms with van der Waals surface area (Å²) in [6.45, 7) is 4.38. The standard InChI is InChI=1S/C17H19N/c1-2-14-7-9-15(10-8-14)13-18-12-11-16-5-3-4-6-17(16)18/h3-10H,2,11-13H2,1H3. The molecular formula is C17H19N. The van der Waals surface area contributed by atoms with Crippen LogP contribution in [0.5, 0.6) is 0 Å². The maximum absolute atomic E-state index is 2.48. The van der Waals surface area contributed by atoms with Crippen LogP contribution in [-0.4, -0.2) is 6.54 Å². The number of nitrogens with zero attached hydrogens (tertiary/aromatic N) is 1. The Labute approximate surface area is 109 Å². The molecule has 18 heavy (non-hydrogen) atoms. The highest BCUT2D eigenvalue weighted by Gasteiger charge is 2.17. The molecule has 0 radical (unpaired) electrons. The first-order valence-corrected chi connectivity index (χ1v) is 6.77. The molecule has 1 aliphatic rings. The van der Waals surface area contributed by atoms with Gasteiger partial charge in [0.25, 0.3) is 0 Å². The zero-order chi connectivity index (χ0) is 12.4. The average Bonchev–Trinajstić information content (AvgIpc) is 2.83. The molecule has 1 heteroatoms. The van der Waals surface area contributed by atoms with Crippen molar-refractivity contribution in [3.63, 3.8) is 0 Å². The average molecular weight is 237 g/mol. The number of para-hydroxylation sites is 1. The van der Waals surface area contributed by atoms with Crippen LogP contribution in [-0.2, 0) is 19.4 Å². The molecule has 0 bridgehead atoms. The van der Waals surface area contributed by atoms with Gasteiger partial charge in [-0.1, -0.05) is 49.4 Å². The van der Waals surface area contributed by atoms with Gasteiger partial charge in [0.1, 0.15) is 0 Å². The Hall–Kier alpha value is -1.76. The summed E-state index contributed by atoms with van der Waals surface area (Å²) in [7, 11) is 0. The summed E-state index contributed by atoms with van der Waals surface area (Å²) in [6, 6.07) is 17.8. The van der Waals surface area contributed by atoms with E-state index in [1.165, 1.54) is 28.8 Å². The maximum Gasteiger partial charge on any atom is 0.0429 e. The van der Waals surface area contributed by atoms with Crippen LogP contribution < -0.4 is 4.90 Å². The van der Waals surface area contributed by atoms with E-state index in [0.29, 0.717) is 0 Å². The van der Waals surface area contributed by atoms with Crippen molar-refractivity contribution in [1.29, 1.82) is 0 Å². The van der Waals surface area contributed by atoms with Gasteiger partial charge in [0, 0.05) is 18.8 Å². The number of rotatable bonds is 3. The molecular weight excluding hydrogens is 218 g/mol. The second-order valence-corrected chi connectivity index (χ2v) is 4.97. The summed E-state index contributed by atoms with van der Waals surface area (Å²) in [4.78, 5) is 2.48. The molecule has 2 aromatic carbocycles. The van der Waals surface area contributed by atoms with Gasteiger partial charge in [-0.05, 0) is 35.6 Å². The van der Waals surface area contributed by atoms with E-state index in [2.05, 4.69) is 60.4 Å². The van der Waals surface area contributed by atoms with Crippen molar-refractivity contribution in [3.8, 4) is 0 Å². The van der Waals surface area contributed by atoms with E-state index in [-0.39, 0.29) is 0 Å². The Kier molecular flexibility index (Phi) is 3.06. The van der Waals surface area contributed by atoms with Gasteiger partial charge in [-0.15, -0.1) is 0 Å². The van der Waals surface area contributed by atoms with Gasteiger partial charge < -0.3 is 4.90 Å². The SMILES string of the molecule is CCc1ccc(CN2CCc3ccccc32)cc1. The number of fused-ring (bicyclic) bond motifs is 1. The van der Waals surface area contributed by atoms with Gasteiger partial charge in [0.2, 0.25) is 0 Å². The molecule has 0 amide bonds. The lowest BCUT2D eigenvalue weighted by Gasteiger charge is -2.19. The molecule has 0 atom stereocenters. The number of hydrogen-bond donors (Lipinski definition) is 0. The molecule has 0 N–H and O–H groups in total. The van der Waals surface area contributed by atoms with Crippen molar-refractivity contribution in [2.24, 2.45) is 0 Å². The normalized spacial score (nSPS) is 13.7. The molecule has 0 saturated heterocycles. The summed E-state index contributed by atoms with van der Waals surface area (Å²) in [5.74, 6) is 0. The second kappa shape index (κ2) is 4.85. The predicted molar refractivity (Wildman–Crippen MR) is 77.0 cm³/mol. The van der Waals surface area contributed by atoms with E-state index < -0.39 is 0 Å².